The molecule has 4 aromatic rings. The van der Waals surface area contributed by atoms with E-state index in [4.69, 9.17) is 4.74 Å². The lowest BCUT2D eigenvalue weighted by atomic mass is 10.0. The highest BCUT2D eigenvalue weighted by atomic mass is 32.1. The van der Waals surface area contributed by atoms with Crippen molar-refractivity contribution in [2.75, 3.05) is 7.11 Å². The van der Waals surface area contributed by atoms with E-state index in [0.29, 0.717) is 6.54 Å². The lowest BCUT2D eigenvalue weighted by Gasteiger charge is -2.11. The summed E-state index contributed by atoms with van der Waals surface area (Å²) in [5.41, 5.74) is 6.51. The number of rotatable bonds is 5. The van der Waals surface area contributed by atoms with Crippen LogP contribution in [0.5, 0.6) is 5.75 Å². The molecule has 2 aromatic heterocycles. The summed E-state index contributed by atoms with van der Waals surface area (Å²) < 4.78 is 15.8. The molecule has 8 heteroatoms. The summed E-state index contributed by atoms with van der Waals surface area (Å²) in [6, 6.07) is 19.6. The number of hydrogen-bond acceptors (Lipinski definition) is 6. The molecule has 1 aliphatic carbocycles. The van der Waals surface area contributed by atoms with Crippen molar-refractivity contribution in [1.29, 1.82) is 0 Å². The fourth-order valence-corrected chi connectivity index (χ4v) is 5.81. The first-order valence-corrected chi connectivity index (χ1v) is 11.9. The number of fused-ring (bicyclic) bond motifs is 4. The van der Waals surface area contributed by atoms with Gasteiger partial charge in [-0.3, -0.25) is 0 Å². The summed E-state index contributed by atoms with van der Waals surface area (Å²) in [5, 5.41) is 13.3. The molecule has 2 aliphatic rings. The maximum Gasteiger partial charge on any atom is 0.353 e. The minimum atomic E-state index is -0.956. The molecule has 0 spiro atoms. The Kier molecular flexibility index (Phi) is 4.63. The average molecular weight is 472 g/mol. The maximum atomic E-state index is 12.6. The van der Waals surface area contributed by atoms with E-state index in [0.717, 1.165) is 54.8 Å². The van der Waals surface area contributed by atoms with Crippen LogP contribution in [0.2, 0.25) is 0 Å². The monoisotopic (exact) mass is 471 g/mol. The van der Waals surface area contributed by atoms with Crippen LogP contribution in [0.4, 0.5) is 0 Å². The summed E-state index contributed by atoms with van der Waals surface area (Å²) in [6.45, 7) is 0.419. The van der Waals surface area contributed by atoms with Gasteiger partial charge >= 0.3 is 5.97 Å². The maximum absolute atomic E-state index is 12.6. The summed E-state index contributed by atoms with van der Waals surface area (Å²) in [5.74, 6) is -0.228. The summed E-state index contributed by atoms with van der Waals surface area (Å²) in [7, 11) is 1.62. The minimum Gasteiger partial charge on any atom is -0.497 e. The molecule has 6 rings (SSSR count). The molecule has 0 saturated carbocycles. The van der Waals surface area contributed by atoms with Crippen molar-refractivity contribution in [2.24, 2.45) is 0 Å². The molecule has 0 fully saturated rings. The van der Waals surface area contributed by atoms with E-state index in [-0.39, 0.29) is 5.69 Å². The number of ether oxygens (including phenoxy) is 1. The number of carboxylic acids is 1. The molecule has 0 atom stereocenters. The molecule has 0 saturated heterocycles. The van der Waals surface area contributed by atoms with E-state index in [1.807, 2.05) is 58.5 Å². The fourth-order valence-electron chi connectivity index (χ4n) is 4.41. The zero-order valence-electron chi connectivity index (χ0n) is 17.5. The van der Waals surface area contributed by atoms with Gasteiger partial charge in [0.1, 0.15) is 22.5 Å². The number of aromatic carboxylic acids is 1. The summed E-state index contributed by atoms with van der Waals surface area (Å²) >= 11 is 2.80. The van der Waals surface area contributed by atoms with Gasteiger partial charge in [-0.15, -0.1) is 11.3 Å². The van der Waals surface area contributed by atoms with E-state index in [1.54, 1.807) is 18.4 Å². The highest BCUT2D eigenvalue weighted by molar-refractivity contribution is 7.14. The van der Waals surface area contributed by atoms with E-state index >= 15 is 0 Å². The third-order valence-electron chi connectivity index (χ3n) is 5.87. The Morgan fingerprint density at radius 3 is 2.64 bits per heavy atom. The molecule has 0 radical (unpaired) electrons. The van der Waals surface area contributed by atoms with Gasteiger partial charge in [0.15, 0.2) is 0 Å². The molecule has 1 N–H and O–H groups in total. The molecular weight excluding hydrogens is 454 g/mol. The average Bonchev–Trinajstić information content (AvgIpc) is 3.52. The van der Waals surface area contributed by atoms with Crippen LogP contribution in [0, 0.1) is 0 Å². The van der Waals surface area contributed by atoms with Crippen LogP contribution < -0.4 is 4.74 Å². The zero-order valence-corrected chi connectivity index (χ0v) is 19.1. The zero-order chi connectivity index (χ0) is 22.5. The Bertz CT molecular complexity index is 1610. The molecule has 162 valence electrons. The van der Waals surface area contributed by atoms with Crippen LogP contribution in [0.25, 0.3) is 43.5 Å². The SMILES string of the molecule is COc1ccc(-c2c(C(=O)O)n(Cc3ccc4nsnc4c3)c3cc4cccsc-4c23)cc1. The normalized spacial score (nSPS) is 11.5. The highest BCUT2D eigenvalue weighted by Gasteiger charge is 2.28. The molecule has 3 heterocycles. The topological polar surface area (TPSA) is 77.2 Å². The number of nitrogens with zero attached hydrogens (tertiary/aromatic N) is 3. The smallest absolute Gasteiger partial charge is 0.353 e. The third-order valence-corrected chi connectivity index (χ3v) is 7.39. The lowest BCUT2D eigenvalue weighted by Crippen LogP contribution is -2.10. The number of hydrogen-bond donors (Lipinski definition) is 1. The Balaban J connectivity index is 1.64. The van der Waals surface area contributed by atoms with Gasteiger partial charge in [-0.25, -0.2) is 4.79 Å². The van der Waals surface area contributed by atoms with Crippen LogP contribution in [0.3, 0.4) is 0 Å². The van der Waals surface area contributed by atoms with Crippen LogP contribution in [0.15, 0.2) is 66.0 Å². The first-order valence-electron chi connectivity index (χ1n) is 10.3. The predicted molar refractivity (Wildman–Crippen MR) is 132 cm³/mol. The van der Waals surface area contributed by atoms with Gasteiger partial charge < -0.3 is 14.4 Å². The number of benzene rings is 2. The van der Waals surface area contributed by atoms with Crippen LogP contribution >= 0.6 is 23.1 Å². The molecular formula is C25H17N3O3S2. The van der Waals surface area contributed by atoms with Gasteiger partial charge in [0.25, 0.3) is 0 Å². The number of carbonyl (C=O) groups is 1. The van der Waals surface area contributed by atoms with Crippen LogP contribution in [0.1, 0.15) is 16.1 Å². The largest absolute Gasteiger partial charge is 0.497 e. The van der Waals surface area contributed by atoms with Crippen molar-refractivity contribution in [3.05, 3.63) is 77.3 Å². The van der Waals surface area contributed by atoms with Gasteiger partial charge in [-0.05, 0) is 52.4 Å². The van der Waals surface area contributed by atoms with Crippen molar-refractivity contribution in [2.45, 2.75) is 6.54 Å². The van der Waals surface area contributed by atoms with E-state index in [9.17, 15) is 9.90 Å². The van der Waals surface area contributed by atoms with Gasteiger partial charge in [0, 0.05) is 22.4 Å². The van der Waals surface area contributed by atoms with Gasteiger partial charge in [0.05, 0.1) is 24.4 Å². The van der Waals surface area contributed by atoms with Crippen molar-refractivity contribution < 1.29 is 14.6 Å². The molecule has 2 aromatic carbocycles. The predicted octanol–water partition coefficient (Wildman–Crippen LogP) is 6.23. The molecule has 1 aliphatic heterocycles. The van der Waals surface area contributed by atoms with Gasteiger partial charge in [-0.2, -0.15) is 8.75 Å². The minimum absolute atomic E-state index is 0.277. The van der Waals surface area contributed by atoms with E-state index < -0.39 is 5.97 Å². The van der Waals surface area contributed by atoms with E-state index in [2.05, 4.69) is 20.9 Å². The van der Waals surface area contributed by atoms with Crippen LogP contribution in [-0.2, 0) is 6.54 Å². The second kappa shape index (κ2) is 7.68. The van der Waals surface area contributed by atoms with Gasteiger partial charge in [0.2, 0.25) is 0 Å². The second-order valence-electron chi connectivity index (χ2n) is 7.73. The Hall–Kier alpha value is -3.75. The number of methoxy groups -OCH3 is 1. The van der Waals surface area contributed by atoms with Crippen molar-refractivity contribution in [3.8, 4) is 27.3 Å². The third kappa shape index (κ3) is 3.18. The first kappa shape index (κ1) is 19.9. The lowest BCUT2D eigenvalue weighted by molar-refractivity contribution is 0.0687. The van der Waals surface area contributed by atoms with Crippen molar-refractivity contribution in [3.63, 3.8) is 0 Å². The molecule has 6 nitrogen and oxygen atoms in total. The van der Waals surface area contributed by atoms with Crippen LogP contribution in [-0.4, -0.2) is 31.5 Å². The quantitative estimate of drug-likeness (QED) is 0.322. The fraction of sp³-hybridized carbons (Fsp3) is 0.0800. The Morgan fingerprint density at radius 2 is 1.85 bits per heavy atom. The summed E-state index contributed by atoms with van der Waals surface area (Å²) in [4.78, 5) is 13.7. The standard InChI is InChI=1S/C25H17N3O3S2/c1-31-17-7-5-15(6-8-17)21-22-20(12-16-3-2-10-32-24(16)22)28(23(21)25(29)30)13-14-4-9-18-19(11-14)27-33-26-18/h2-12H,13H2,1H3,(H,29,30). The van der Waals surface area contributed by atoms with Gasteiger partial charge in [-0.1, -0.05) is 30.3 Å². The molecule has 33 heavy (non-hydrogen) atoms. The second-order valence-corrected chi connectivity index (χ2v) is 9.18. The first-order chi connectivity index (χ1) is 16.1. The number of aromatic nitrogens is 3. The van der Waals surface area contributed by atoms with Crippen molar-refractivity contribution in [1.82, 2.24) is 13.3 Å². The molecule has 0 bridgehead atoms. The molecule has 0 unspecified atom stereocenters. The number of carboxylic acid groups (broad SMARTS) is 1. The Morgan fingerprint density at radius 1 is 1.03 bits per heavy atom. The molecule has 0 amide bonds. The van der Waals surface area contributed by atoms with E-state index in [1.165, 1.54) is 11.7 Å². The van der Waals surface area contributed by atoms with Crippen molar-refractivity contribution >= 4 is 51.0 Å². The Labute approximate surface area is 197 Å². The highest BCUT2D eigenvalue weighted by Crippen LogP contribution is 2.46. The summed E-state index contributed by atoms with van der Waals surface area (Å²) in [6.07, 6.45) is 0.